The highest BCUT2D eigenvalue weighted by Gasteiger charge is 2.07. The topological polar surface area (TPSA) is 26.0 Å². The van der Waals surface area contributed by atoms with Gasteiger partial charge in [0.25, 0.3) is 0 Å². The molecule has 16 heavy (non-hydrogen) atoms. The average molecular weight is 256 g/mol. The lowest BCUT2D eigenvalue weighted by atomic mass is 10.1. The van der Waals surface area contributed by atoms with Crippen LogP contribution in [0, 0.1) is 6.92 Å². The molecule has 0 spiro atoms. The third-order valence-electron chi connectivity index (χ3n) is 2.19. The first-order valence-electron chi connectivity index (χ1n) is 4.97. The molecule has 0 aliphatic carbocycles. The number of oxazole rings is 1. The van der Waals surface area contributed by atoms with Crippen LogP contribution >= 0.6 is 23.2 Å². The number of halogens is 2. The van der Waals surface area contributed by atoms with E-state index in [9.17, 15) is 0 Å². The number of hydrogen-bond acceptors (Lipinski definition) is 2. The summed E-state index contributed by atoms with van der Waals surface area (Å²) >= 11 is 11.6. The number of hydrogen-bond donors (Lipinski definition) is 0. The normalized spacial score (nSPS) is 10.7. The van der Waals surface area contributed by atoms with Crippen LogP contribution in [-0.2, 0) is 6.42 Å². The Morgan fingerprint density at radius 2 is 2.12 bits per heavy atom. The van der Waals surface area contributed by atoms with Crippen LogP contribution in [0.3, 0.4) is 0 Å². The first kappa shape index (κ1) is 11.5. The minimum Gasteiger partial charge on any atom is -0.441 e. The van der Waals surface area contributed by atoms with E-state index in [1.807, 2.05) is 25.1 Å². The number of nitrogens with zero attached hydrogens (tertiary/aromatic N) is 1. The minimum atomic E-state index is 0.508. The van der Waals surface area contributed by atoms with Gasteiger partial charge in [0.2, 0.25) is 0 Å². The van der Waals surface area contributed by atoms with E-state index in [4.69, 9.17) is 27.6 Å². The van der Waals surface area contributed by atoms with Gasteiger partial charge in [-0.05, 0) is 30.7 Å². The van der Waals surface area contributed by atoms with Gasteiger partial charge in [-0.3, -0.25) is 0 Å². The van der Waals surface area contributed by atoms with Gasteiger partial charge in [0.05, 0.1) is 6.20 Å². The minimum absolute atomic E-state index is 0.508. The van der Waals surface area contributed by atoms with Crippen LogP contribution in [0.4, 0.5) is 0 Å². The molecule has 0 N–H and O–H groups in total. The zero-order valence-electron chi connectivity index (χ0n) is 8.84. The monoisotopic (exact) mass is 255 g/mol. The molecule has 0 fully saturated rings. The van der Waals surface area contributed by atoms with Crippen molar-refractivity contribution in [3.8, 4) is 11.3 Å². The molecule has 0 unspecified atom stereocenters. The molecule has 1 aromatic carbocycles. The van der Waals surface area contributed by atoms with Crippen LogP contribution in [0.2, 0.25) is 5.02 Å². The van der Waals surface area contributed by atoms with E-state index in [0.29, 0.717) is 23.2 Å². The van der Waals surface area contributed by atoms with Gasteiger partial charge in [-0.1, -0.05) is 11.6 Å². The molecule has 0 amide bonds. The van der Waals surface area contributed by atoms with E-state index in [1.54, 1.807) is 6.20 Å². The van der Waals surface area contributed by atoms with Gasteiger partial charge in [-0.15, -0.1) is 11.6 Å². The second-order valence-corrected chi connectivity index (χ2v) is 4.39. The fraction of sp³-hybridized carbons (Fsp3) is 0.250. The maximum atomic E-state index is 5.98. The zero-order chi connectivity index (χ0) is 11.5. The predicted octanol–water partition coefficient (Wildman–Crippen LogP) is 4.08. The number of aryl methyl sites for hydroxylation is 2. The molecule has 2 aromatic rings. The fourth-order valence-electron chi connectivity index (χ4n) is 1.52. The van der Waals surface area contributed by atoms with Crippen molar-refractivity contribution in [3.63, 3.8) is 0 Å². The summed E-state index contributed by atoms with van der Waals surface area (Å²) in [5.41, 5.74) is 2.04. The van der Waals surface area contributed by atoms with Crippen LogP contribution in [0.1, 0.15) is 11.5 Å². The summed E-state index contributed by atoms with van der Waals surface area (Å²) in [6, 6.07) is 5.78. The van der Waals surface area contributed by atoms with Crippen LogP contribution in [0.25, 0.3) is 11.3 Å². The molecule has 0 radical (unpaired) electrons. The Kier molecular flexibility index (Phi) is 3.52. The Morgan fingerprint density at radius 1 is 1.31 bits per heavy atom. The molecule has 0 saturated carbocycles. The second kappa shape index (κ2) is 4.89. The Balaban J connectivity index is 2.34. The third-order valence-corrected chi connectivity index (χ3v) is 2.60. The molecule has 84 valence electrons. The lowest BCUT2D eigenvalue weighted by molar-refractivity contribution is 0.514. The Bertz CT molecular complexity index is 473. The quantitative estimate of drug-likeness (QED) is 0.773. The summed E-state index contributed by atoms with van der Waals surface area (Å²) in [4.78, 5) is 4.15. The summed E-state index contributed by atoms with van der Waals surface area (Å²) in [6.07, 6.45) is 2.34. The van der Waals surface area contributed by atoms with Crippen molar-refractivity contribution in [2.75, 3.05) is 5.88 Å². The summed E-state index contributed by atoms with van der Waals surface area (Å²) in [6.45, 7) is 1.99. The average Bonchev–Trinajstić information content (AvgIpc) is 2.65. The van der Waals surface area contributed by atoms with Crippen molar-refractivity contribution in [1.29, 1.82) is 0 Å². The predicted molar refractivity (Wildman–Crippen MR) is 66.1 cm³/mol. The Labute approximate surface area is 104 Å². The molecule has 0 saturated heterocycles. The smallest absolute Gasteiger partial charge is 0.196 e. The number of rotatable bonds is 3. The SMILES string of the molecule is Cc1cc(Cl)cc(-c2cnc(CCCl)o2)c1. The number of benzene rings is 1. The molecule has 0 atom stereocenters. The summed E-state index contributed by atoms with van der Waals surface area (Å²) in [5, 5.41) is 0.699. The molecular formula is C12H11Cl2NO. The molecule has 2 rings (SSSR count). The number of aromatic nitrogens is 1. The van der Waals surface area contributed by atoms with Gasteiger partial charge >= 0.3 is 0 Å². The summed E-state index contributed by atoms with van der Waals surface area (Å²) in [5.74, 6) is 1.89. The van der Waals surface area contributed by atoms with Crippen molar-refractivity contribution in [2.24, 2.45) is 0 Å². The van der Waals surface area contributed by atoms with Crippen LogP contribution in [0.5, 0.6) is 0 Å². The van der Waals surface area contributed by atoms with Crippen LogP contribution in [0.15, 0.2) is 28.8 Å². The van der Waals surface area contributed by atoms with Crippen molar-refractivity contribution >= 4 is 23.2 Å². The molecule has 2 nitrogen and oxygen atoms in total. The molecule has 4 heteroatoms. The van der Waals surface area contributed by atoms with Crippen molar-refractivity contribution in [2.45, 2.75) is 13.3 Å². The lowest BCUT2D eigenvalue weighted by Gasteiger charge is -1.99. The van der Waals surface area contributed by atoms with Crippen molar-refractivity contribution in [1.82, 2.24) is 4.98 Å². The third kappa shape index (κ3) is 2.57. The molecule has 0 aliphatic heterocycles. The Hall–Kier alpha value is -0.990. The van der Waals surface area contributed by atoms with E-state index < -0.39 is 0 Å². The first-order chi connectivity index (χ1) is 7.69. The largest absolute Gasteiger partial charge is 0.441 e. The maximum absolute atomic E-state index is 5.98. The van der Waals surface area contributed by atoms with E-state index in [0.717, 1.165) is 16.9 Å². The molecule has 0 bridgehead atoms. The van der Waals surface area contributed by atoms with Crippen LogP contribution in [-0.4, -0.2) is 10.9 Å². The number of alkyl halides is 1. The zero-order valence-corrected chi connectivity index (χ0v) is 10.3. The standard InChI is InChI=1S/C12H11Cl2NO/c1-8-4-9(6-10(14)5-8)11-7-15-12(16-11)2-3-13/h4-7H,2-3H2,1H3. The molecule has 0 aliphatic rings. The molecular weight excluding hydrogens is 245 g/mol. The van der Waals surface area contributed by atoms with Gasteiger partial charge < -0.3 is 4.42 Å². The van der Waals surface area contributed by atoms with Gasteiger partial charge in [0, 0.05) is 22.9 Å². The van der Waals surface area contributed by atoms with E-state index in [-0.39, 0.29) is 0 Å². The van der Waals surface area contributed by atoms with Gasteiger partial charge in [0.1, 0.15) is 0 Å². The maximum Gasteiger partial charge on any atom is 0.196 e. The van der Waals surface area contributed by atoms with E-state index in [2.05, 4.69) is 4.98 Å². The summed E-state index contributed by atoms with van der Waals surface area (Å²) < 4.78 is 5.57. The molecule has 1 aromatic heterocycles. The van der Waals surface area contributed by atoms with Crippen LogP contribution < -0.4 is 0 Å². The lowest BCUT2D eigenvalue weighted by Crippen LogP contribution is -1.83. The molecule has 1 heterocycles. The second-order valence-electron chi connectivity index (χ2n) is 3.57. The highest BCUT2D eigenvalue weighted by Crippen LogP contribution is 2.25. The van der Waals surface area contributed by atoms with Gasteiger partial charge in [-0.2, -0.15) is 0 Å². The van der Waals surface area contributed by atoms with Crippen molar-refractivity contribution < 1.29 is 4.42 Å². The van der Waals surface area contributed by atoms with Crippen molar-refractivity contribution in [3.05, 3.63) is 40.9 Å². The van der Waals surface area contributed by atoms with E-state index >= 15 is 0 Å². The first-order valence-corrected chi connectivity index (χ1v) is 5.88. The summed E-state index contributed by atoms with van der Waals surface area (Å²) in [7, 11) is 0. The Morgan fingerprint density at radius 3 is 2.81 bits per heavy atom. The highest BCUT2D eigenvalue weighted by atomic mass is 35.5. The van der Waals surface area contributed by atoms with E-state index in [1.165, 1.54) is 0 Å². The van der Waals surface area contributed by atoms with Gasteiger partial charge in [0.15, 0.2) is 11.7 Å². The highest BCUT2D eigenvalue weighted by molar-refractivity contribution is 6.30. The fourth-order valence-corrected chi connectivity index (χ4v) is 1.97. The van der Waals surface area contributed by atoms with Gasteiger partial charge in [-0.25, -0.2) is 4.98 Å².